The van der Waals surface area contributed by atoms with E-state index in [1.165, 1.54) is 148 Å². The molecule has 0 atom stereocenters. The van der Waals surface area contributed by atoms with Gasteiger partial charge in [-0.1, -0.05) is 39.0 Å². The first-order chi connectivity index (χ1) is 23.8. The van der Waals surface area contributed by atoms with Gasteiger partial charge in [0.15, 0.2) is 0 Å². The SMILES string of the molecule is CCCCCCCCCCCCCCCCCC(CCCCCCCCC)(CCCCCCCCC)P(O)(O)(O)CCOc1ccccc1. The van der Waals surface area contributed by atoms with E-state index in [-0.39, 0.29) is 12.8 Å². The molecule has 0 radical (unpaired) electrons. The normalized spacial score (nSPS) is 13.1. The average molecular weight is 709 g/mol. The first-order valence-electron chi connectivity index (χ1n) is 21.7. The molecule has 290 valence electrons. The van der Waals surface area contributed by atoms with Crippen molar-refractivity contribution in [3.8, 4) is 5.75 Å². The summed E-state index contributed by atoms with van der Waals surface area (Å²) in [6, 6.07) is 9.58. The Bertz CT molecular complexity index is 818. The van der Waals surface area contributed by atoms with Crippen molar-refractivity contribution in [2.75, 3.05) is 12.8 Å². The number of ether oxygens (including phenoxy) is 1. The van der Waals surface area contributed by atoms with Crippen molar-refractivity contribution in [3.63, 3.8) is 0 Å². The quantitative estimate of drug-likeness (QED) is 0.0475. The van der Waals surface area contributed by atoms with Crippen molar-refractivity contribution in [1.29, 1.82) is 0 Å². The molecular formula is C44H85O4P. The first kappa shape index (κ1) is 46.4. The Morgan fingerprint density at radius 1 is 0.429 bits per heavy atom. The molecule has 0 saturated heterocycles. The summed E-state index contributed by atoms with van der Waals surface area (Å²) in [6.07, 6.45) is 38.5. The molecule has 1 rings (SSSR count). The topological polar surface area (TPSA) is 69.9 Å². The molecule has 3 N–H and O–H groups in total. The molecule has 0 aromatic heterocycles. The molecule has 1 aromatic rings. The van der Waals surface area contributed by atoms with Crippen LogP contribution in [0.2, 0.25) is 0 Å². The summed E-state index contributed by atoms with van der Waals surface area (Å²) in [7, 11) is -5.03. The summed E-state index contributed by atoms with van der Waals surface area (Å²) in [5.74, 6) is 0.710. The van der Waals surface area contributed by atoms with E-state index in [9.17, 15) is 14.7 Å². The van der Waals surface area contributed by atoms with Crippen LogP contribution >= 0.6 is 7.28 Å². The Kier molecular flexibility index (Phi) is 28.2. The molecule has 0 spiro atoms. The second-order valence-electron chi connectivity index (χ2n) is 15.7. The van der Waals surface area contributed by atoms with Gasteiger partial charge in [0.1, 0.15) is 0 Å². The van der Waals surface area contributed by atoms with Crippen LogP contribution in [-0.4, -0.2) is 32.6 Å². The Hall–Kier alpha value is -0.670. The number of hydrogen-bond acceptors (Lipinski definition) is 4. The molecule has 0 saturated carbocycles. The molecule has 4 nitrogen and oxygen atoms in total. The van der Waals surface area contributed by atoms with Crippen LogP contribution in [-0.2, 0) is 0 Å². The van der Waals surface area contributed by atoms with Crippen LogP contribution in [0.5, 0.6) is 5.75 Å². The van der Waals surface area contributed by atoms with Crippen molar-refractivity contribution in [3.05, 3.63) is 30.3 Å². The summed E-state index contributed by atoms with van der Waals surface area (Å²) >= 11 is 0. The third-order valence-corrected chi connectivity index (χ3v) is 14.8. The minimum atomic E-state index is -5.03. The maximum absolute atomic E-state index is 12.1. The fourth-order valence-corrected chi connectivity index (χ4v) is 10.5. The Morgan fingerprint density at radius 2 is 0.714 bits per heavy atom. The van der Waals surface area contributed by atoms with Crippen LogP contribution < -0.4 is 4.74 Å². The van der Waals surface area contributed by atoms with Gasteiger partial charge in [0.25, 0.3) is 0 Å². The average Bonchev–Trinajstić information content (AvgIpc) is 3.08. The van der Waals surface area contributed by atoms with Gasteiger partial charge in [0.05, 0.1) is 0 Å². The van der Waals surface area contributed by atoms with Gasteiger partial charge in [0.2, 0.25) is 0 Å². The van der Waals surface area contributed by atoms with Crippen LogP contribution in [0.15, 0.2) is 30.3 Å². The number of para-hydroxylation sites is 1. The van der Waals surface area contributed by atoms with Crippen LogP contribution in [0.1, 0.15) is 226 Å². The van der Waals surface area contributed by atoms with Crippen LogP contribution in [0.25, 0.3) is 0 Å². The van der Waals surface area contributed by atoms with Crippen molar-refractivity contribution in [2.24, 2.45) is 0 Å². The molecule has 0 bridgehead atoms. The molecule has 49 heavy (non-hydrogen) atoms. The Morgan fingerprint density at radius 3 is 1.02 bits per heavy atom. The van der Waals surface area contributed by atoms with Crippen LogP contribution in [0, 0.1) is 0 Å². The molecule has 1 aromatic carbocycles. The summed E-state index contributed by atoms with van der Waals surface area (Å²) in [5.41, 5.74) is 0. The van der Waals surface area contributed by atoms with E-state index in [4.69, 9.17) is 4.74 Å². The molecule has 0 heterocycles. The molecule has 5 heteroatoms. The summed E-state index contributed by atoms with van der Waals surface area (Å²) in [4.78, 5) is 36.3. The minimum absolute atomic E-state index is 0.0771. The van der Waals surface area contributed by atoms with Gasteiger partial charge in [-0.2, -0.15) is 0 Å². The van der Waals surface area contributed by atoms with Gasteiger partial charge in [-0.05, 0) is 0 Å². The van der Waals surface area contributed by atoms with Crippen LogP contribution in [0.4, 0.5) is 0 Å². The van der Waals surface area contributed by atoms with E-state index in [1.54, 1.807) is 0 Å². The van der Waals surface area contributed by atoms with Crippen molar-refractivity contribution < 1.29 is 19.4 Å². The molecule has 0 unspecified atom stereocenters. The summed E-state index contributed by atoms with van der Waals surface area (Å²) in [5, 5.41) is -0.824. The fourth-order valence-electron chi connectivity index (χ4n) is 7.80. The zero-order valence-electron chi connectivity index (χ0n) is 33.1. The number of unbranched alkanes of at least 4 members (excludes halogenated alkanes) is 26. The van der Waals surface area contributed by atoms with E-state index in [0.29, 0.717) is 25.0 Å². The molecule has 0 amide bonds. The van der Waals surface area contributed by atoms with E-state index < -0.39 is 12.4 Å². The predicted octanol–water partition coefficient (Wildman–Crippen LogP) is 14.6. The summed E-state index contributed by atoms with van der Waals surface area (Å²) in [6.45, 7) is 6.92. The molecule has 0 aliphatic heterocycles. The standard InChI is InChI=1S/C44H85O4P/c1-4-7-10-13-16-17-18-19-20-21-22-23-26-29-35-40-44(38-33-27-24-14-11-8-5-2,39-34-28-25-15-12-9-6-3)49(45,46,47)42-41-48-43-36-31-30-32-37-43/h30-32,36-37,45-47H,4-29,33-35,38-42H2,1-3H3. The van der Waals surface area contributed by atoms with Crippen molar-refractivity contribution >= 4 is 7.28 Å². The molecule has 0 fully saturated rings. The second kappa shape index (κ2) is 29.9. The number of rotatable bonds is 37. The molecular weight excluding hydrogens is 623 g/mol. The second-order valence-corrected chi connectivity index (χ2v) is 19.4. The van der Waals surface area contributed by atoms with Gasteiger partial charge in [-0.3, -0.25) is 0 Å². The van der Waals surface area contributed by atoms with Gasteiger partial charge in [-0.15, -0.1) is 0 Å². The third-order valence-electron chi connectivity index (χ3n) is 11.2. The van der Waals surface area contributed by atoms with Gasteiger partial charge in [0, 0.05) is 0 Å². The predicted molar refractivity (Wildman–Crippen MR) is 218 cm³/mol. The third kappa shape index (κ3) is 22.8. The fraction of sp³-hybridized carbons (Fsp3) is 0.864. The number of benzene rings is 1. The monoisotopic (exact) mass is 709 g/mol. The van der Waals surface area contributed by atoms with Crippen molar-refractivity contribution in [1.82, 2.24) is 0 Å². The van der Waals surface area contributed by atoms with Crippen molar-refractivity contribution in [2.45, 2.75) is 231 Å². The Balaban J connectivity index is 2.76. The van der Waals surface area contributed by atoms with Gasteiger partial charge in [-0.25, -0.2) is 0 Å². The first-order valence-corrected chi connectivity index (χ1v) is 24.0. The van der Waals surface area contributed by atoms with E-state index in [2.05, 4.69) is 20.8 Å². The van der Waals surface area contributed by atoms with Crippen LogP contribution in [0.3, 0.4) is 0 Å². The Labute approximate surface area is 306 Å². The summed E-state index contributed by atoms with van der Waals surface area (Å²) < 4.78 is 5.95. The molecule has 0 aliphatic rings. The molecule has 0 aliphatic carbocycles. The van der Waals surface area contributed by atoms with E-state index >= 15 is 0 Å². The zero-order valence-corrected chi connectivity index (χ0v) is 34.0. The zero-order chi connectivity index (χ0) is 35.8. The maximum atomic E-state index is 12.1. The van der Waals surface area contributed by atoms with E-state index in [1.807, 2.05) is 30.3 Å². The van der Waals surface area contributed by atoms with E-state index in [0.717, 1.165) is 38.5 Å². The van der Waals surface area contributed by atoms with Gasteiger partial charge >= 0.3 is 268 Å². The number of hydrogen-bond donors (Lipinski definition) is 3. The van der Waals surface area contributed by atoms with Gasteiger partial charge < -0.3 is 0 Å².